The Kier molecular flexibility index (Phi) is 8.00. The maximum Gasteiger partial charge on any atom is 0.355 e. The highest BCUT2D eigenvalue weighted by Gasteiger charge is 2.34. The first-order valence-corrected chi connectivity index (χ1v) is 12.8. The van der Waals surface area contributed by atoms with Crippen molar-refractivity contribution in [3.8, 4) is 5.75 Å². The lowest BCUT2D eigenvalue weighted by Crippen LogP contribution is -2.41. The third kappa shape index (κ3) is 5.18. The number of aryl methyl sites for hydroxylation is 1. The molecule has 7 nitrogen and oxygen atoms in total. The second kappa shape index (κ2) is 10.5. The van der Waals surface area contributed by atoms with Gasteiger partial charge in [-0.15, -0.1) is 0 Å². The Hall–Kier alpha value is -2.32. The summed E-state index contributed by atoms with van der Waals surface area (Å²) in [5.41, 5.74) is 2.74. The molecule has 0 saturated heterocycles. The summed E-state index contributed by atoms with van der Waals surface area (Å²) in [6, 6.07) is 6.54. The van der Waals surface area contributed by atoms with E-state index in [0.29, 0.717) is 18.1 Å². The molecule has 2 aromatic rings. The first-order valence-electron chi connectivity index (χ1n) is 11.4. The molecule has 32 heavy (non-hydrogen) atoms. The fourth-order valence-corrected chi connectivity index (χ4v) is 6.03. The molecule has 0 spiro atoms. The van der Waals surface area contributed by atoms with Gasteiger partial charge >= 0.3 is 5.97 Å². The van der Waals surface area contributed by atoms with Crippen molar-refractivity contribution >= 4 is 16.0 Å². The zero-order valence-electron chi connectivity index (χ0n) is 19.4. The molecule has 8 heteroatoms. The van der Waals surface area contributed by atoms with Crippen LogP contribution in [0.5, 0.6) is 5.75 Å². The molecule has 0 amide bonds. The Labute approximate surface area is 191 Å². The first-order chi connectivity index (χ1) is 15.3. The molecule has 0 aliphatic heterocycles. The molecule has 1 saturated carbocycles. The van der Waals surface area contributed by atoms with Crippen LogP contribution in [-0.2, 0) is 21.3 Å². The van der Waals surface area contributed by atoms with Gasteiger partial charge in [0.25, 0.3) is 0 Å². The van der Waals surface area contributed by atoms with E-state index in [9.17, 15) is 13.2 Å². The van der Waals surface area contributed by atoms with Crippen molar-refractivity contribution in [2.75, 3.05) is 13.2 Å². The van der Waals surface area contributed by atoms with Gasteiger partial charge in [0.2, 0.25) is 10.0 Å². The van der Waals surface area contributed by atoms with Crippen molar-refractivity contribution in [1.29, 1.82) is 0 Å². The molecule has 1 aromatic heterocycles. The summed E-state index contributed by atoms with van der Waals surface area (Å²) < 4.78 is 39.8. The zero-order chi connectivity index (χ0) is 23.3. The van der Waals surface area contributed by atoms with Crippen LogP contribution >= 0.6 is 0 Å². The first kappa shape index (κ1) is 24.3. The van der Waals surface area contributed by atoms with Gasteiger partial charge in [-0.1, -0.05) is 19.3 Å². The minimum absolute atomic E-state index is 0.0694. The van der Waals surface area contributed by atoms with Crippen LogP contribution in [0.4, 0.5) is 0 Å². The van der Waals surface area contributed by atoms with Gasteiger partial charge in [0.1, 0.15) is 11.4 Å². The maximum absolute atomic E-state index is 13.8. The molecule has 0 atom stereocenters. The Morgan fingerprint density at radius 2 is 1.72 bits per heavy atom. The third-order valence-corrected chi connectivity index (χ3v) is 8.02. The summed E-state index contributed by atoms with van der Waals surface area (Å²) in [4.78, 5) is 15.7. The molecule has 1 heterocycles. The summed E-state index contributed by atoms with van der Waals surface area (Å²) in [6.45, 7) is 8.38. The van der Waals surface area contributed by atoms with E-state index < -0.39 is 16.0 Å². The number of benzene rings is 1. The quantitative estimate of drug-likeness (QED) is 0.544. The van der Waals surface area contributed by atoms with Crippen LogP contribution in [0.15, 0.2) is 29.2 Å². The number of H-pyrrole nitrogens is 1. The van der Waals surface area contributed by atoms with Crippen LogP contribution in [-0.4, -0.2) is 42.9 Å². The summed E-state index contributed by atoms with van der Waals surface area (Å²) in [5.74, 6) is 0.227. The van der Waals surface area contributed by atoms with Gasteiger partial charge in [-0.25, -0.2) is 13.2 Å². The molecule has 1 aliphatic carbocycles. The summed E-state index contributed by atoms with van der Waals surface area (Å²) >= 11 is 0. The zero-order valence-corrected chi connectivity index (χ0v) is 20.3. The Morgan fingerprint density at radius 1 is 1.06 bits per heavy atom. The number of rotatable bonds is 9. The summed E-state index contributed by atoms with van der Waals surface area (Å²) in [5, 5.41) is 0. The average Bonchev–Trinajstić information content (AvgIpc) is 3.06. The Balaban J connectivity index is 1.98. The van der Waals surface area contributed by atoms with Gasteiger partial charge in [-0.05, 0) is 75.9 Å². The number of aromatic amines is 1. The Morgan fingerprint density at radius 3 is 2.31 bits per heavy atom. The van der Waals surface area contributed by atoms with E-state index in [1.165, 1.54) is 0 Å². The number of carbonyl (C=O) groups excluding carboxylic acids is 1. The number of carbonyl (C=O) groups is 1. The molecular weight excluding hydrogens is 428 g/mol. The highest BCUT2D eigenvalue weighted by atomic mass is 32.2. The van der Waals surface area contributed by atoms with E-state index in [-0.39, 0.29) is 24.1 Å². The fraction of sp³-hybridized carbons (Fsp3) is 0.542. The maximum atomic E-state index is 13.8. The van der Waals surface area contributed by atoms with Crippen molar-refractivity contribution in [3.63, 3.8) is 0 Å². The van der Waals surface area contributed by atoms with Gasteiger partial charge in [-0.3, -0.25) is 0 Å². The minimum Gasteiger partial charge on any atom is -0.494 e. The minimum atomic E-state index is -3.74. The number of aromatic nitrogens is 1. The fourth-order valence-electron chi connectivity index (χ4n) is 4.38. The van der Waals surface area contributed by atoms with E-state index in [4.69, 9.17) is 9.47 Å². The van der Waals surface area contributed by atoms with Gasteiger partial charge in [0, 0.05) is 18.3 Å². The number of hydrogen-bond acceptors (Lipinski definition) is 5. The molecule has 176 valence electrons. The van der Waals surface area contributed by atoms with Gasteiger partial charge in [0.15, 0.2) is 0 Å². The standard InChI is InChI=1S/C24H34N2O5S/c1-5-30-20-12-14-21(15-13-20)32(28,29)26(19-10-8-7-9-11-19)16-22-17(3)23(25-18(22)4)24(27)31-6-2/h12-15,19,25H,5-11,16H2,1-4H3. The van der Waals surface area contributed by atoms with Crippen molar-refractivity contribution < 1.29 is 22.7 Å². The monoisotopic (exact) mass is 462 g/mol. The van der Waals surface area contributed by atoms with E-state index in [1.54, 1.807) is 35.5 Å². The lowest BCUT2D eigenvalue weighted by Gasteiger charge is -2.33. The number of sulfonamides is 1. The Bertz CT molecular complexity index is 1020. The number of nitrogens with one attached hydrogen (secondary N) is 1. The second-order valence-corrected chi connectivity index (χ2v) is 10.1. The van der Waals surface area contributed by atoms with Crippen molar-refractivity contribution in [1.82, 2.24) is 9.29 Å². The normalized spacial score (nSPS) is 15.2. The molecule has 1 fully saturated rings. The SMILES string of the molecule is CCOC(=O)c1[nH]c(C)c(CN(C2CCCCC2)S(=O)(=O)c2ccc(OCC)cc2)c1C. The van der Waals surface area contributed by atoms with Crippen LogP contribution < -0.4 is 4.74 Å². The van der Waals surface area contributed by atoms with Crippen LogP contribution in [0.2, 0.25) is 0 Å². The number of ether oxygens (including phenoxy) is 2. The average molecular weight is 463 g/mol. The second-order valence-electron chi connectivity index (χ2n) is 8.20. The topological polar surface area (TPSA) is 88.7 Å². The van der Waals surface area contributed by atoms with Crippen molar-refractivity contribution in [3.05, 3.63) is 46.8 Å². The number of esters is 1. The molecule has 1 N–H and O–H groups in total. The predicted molar refractivity (Wildman–Crippen MR) is 123 cm³/mol. The lowest BCUT2D eigenvalue weighted by molar-refractivity contribution is 0.0519. The molecule has 0 bridgehead atoms. The number of nitrogens with zero attached hydrogens (tertiary/aromatic N) is 1. The molecule has 0 unspecified atom stereocenters. The molecular formula is C24H34N2O5S. The van der Waals surface area contributed by atoms with Crippen LogP contribution in [0.3, 0.4) is 0 Å². The van der Waals surface area contributed by atoms with Gasteiger partial charge < -0.3 is 14.5 Å². The molecule has 1 aliphatic rings. The van der Waals surface area contributed by atoms with Crippen LogP contribution in [0.1, 0.15) is 73.3 Å². The van der Waals surface area contributed by atoms with E-state index in [0.717, 1.165) is 48.9 Å². The van der Waals surface area contributed by atoms with Gasteiger partial charge in [0.05, 0.1) is 18.1 Å². The van der Waals surface area contributed by atoms with E-state index >= 15 is 0 Å². The smallest absolute Gasteiger partial charge is 0.355 e. The molecule has 3 rings (SSSR count). The third-order valence-electron chi connectivity index (χ3n) is 6.11. The van der Waals surface area contributed by atoms with Crippen LogP contribution in [0, 0.1) is 13.8 Å². The largest absolute Gasteiger partial charge is 0.494 e. The molecule has 0 radical (unpaired) electrons. The number of hydrogen-bond donors (Lipinski definition) is 1. The van der Waals surface area contributed by atoms with Crippen molar-refractivity contribution in [2.45, 2.75) is 77.3 Å². The van der Waals surface area contributed by atoms with Crippen LogP contribution in [0.25, 0.3) is 0 Å². The molecule has 1 aromatic carbocycles. The highest BCUT2D eigenvalue weighted by Crippen LogP contribution is 2.32. The lowest BCUT2D eigenvalue weighted by atomic mass is 9.95. The highest BCUT2D eigenvalue weighted by molar-refractivity contribution is 7.89. The van der Waals surface area contributed by atoms with Gasteiger partial charge in [-0.2, -0.15) is 4.31 Å². The summed E-state index contributed by atoms with van der Waals surface area (Å²) in [6.07, 6.45) is 4.83. The van der Waals surface area contributed by atoms with Crippen molar-refractivity contribution in [2.24, 2.45) is 0 Å². The predicted octanol–water partition coefficient (Wildman–Crippen LogP) is 4.73. The van der Waals surface area contributed by atoms with E-state index in [2.05, 4.69) is 4.98 Å². The van der Waals surface area contributed by atoms with E-state index in [1.807, 2.05) is 20.8 Å². The summed E-state index contributed by atoms with van der Waals surface area (Å²) in [7, 11) is -3.74.